The van der Waals surface area contributed by atoms with Gasteiger partial charge in [-0.1, -0.05) is 59.6 Å². The zero-order valence-corrected chi connectivity index (χ0v) is 12.9. The molecule has 0 N–H and O–H groups in total. The van der Waals surface area contributed by atoms with E-state index in [9.17, 15) is 0 Å². The van der Waals surface area contributed by atoms with Gasteiger partial charge in [0.2, 0.25) is 0 Å². The lowest BCUT2D eigenvalue weighted by Crippen LogP contribution is -1.90. The summed E-state index contributed by atoms with van der Waals surface area (Å²) in [4.78, 5) is 4.90. The molecule has 0 amide bonds. The smallest absolute Gasteiger partial charge is 0.0788 e. The lowest BCUT2D eigenvalue weighted by atomic mass is 9.99. The summed E-state index contributed by atoms with van der Waals surface area (Å²) < 4.78 is 0. The Bertz CT molecular complexity index is 988. The van der Waals surface area contributed by atoms with Gasteiger partial charge in [0.15, 0.2) is 0 Å². The van der Waals surface area contributed by atoms with Crippen molar-refractivity contribution in [1.29, 1.82) is 0 Å². The van der Waals surface area contributed by atoms with Crippen molar-refractivity contribution in [2.75, 3.05) is 0 Å². The number of hydrogen-bond donors (Lipinski definition) is 0. The zero-order valence-electron chi connectivity index (χ0n) is 12.2. The molecule has 0 aliphatic carbocycles. The molecular formula is C20H14ClN. The Balaban J connectivity index is 2.13. The molecule has 4 rings (SSSR count). The Morgan fingerprint density at radius 3 is 2.27 bits per heavy atom. The third-order valence-electron chi connectivity index (χ3n) is 3.97. The zero-order chi connectivity index (χ0) is 15.1. The van der Waals surface area contributed by atoms with E-state index in [4.69, 9.17) is 16.6 Å². The first-order chi connectivity index (χ1) is 10.7. The van der Waals surface area contributed by atoms with Gasteiger partial charge in [0.1, 0.15) is 0 Å². The monoisotopic (exact) mass is 303 g/mol. The predicted molar refractivity (Wildman–Crippen MR) is 94.4 cm³/mol. The summed E-state index contributed by atoms with van der Waals surface area (Å²) in [5, 5.41) is 4.35. The van der Waals surface area contributed by atoms with E-state index >= 15 is 0 Å². The second kappa shape index (κ2) is 5.11. The molecule has 1 heterocycles. The Kier molecular flexibility index (Phi) is 3.09. The molecule has 0 saturated heterocycles. The van der Waals surface area contributed by atoms with E-state index in [0.717, 1.165) is 21.8 Å². The SMILES string of the molecule is Cc1ccc2nc(-c3ccc(Cl)cc3)c3ccccc3c2c1. The maximum atomic E-state index is 6.01. The summed E-state index contributed by atoms with van der Waals surface area (Å²) in [6.45, 7) is 2.11. The Hall–Kier alpha value is -2.38. The number of benzene rings is 3. The highest BCUT2D eigenvalue weighted by Crippen LogP contribution is 2.33. The lowest BCUT2D eigenvalue weighted by Gasteiger charge is -2.10. The minimum atomic E-state index is 0.740. The van der Waals surface area contributed by atoms with Crippen LogP contribution in [0.2, 0.25) is 5.02 Å². The molecule has 0 unspecified atom stereocenters. The van der Waals surface area contributed by atoms with Crippen LogP contribution in [0, 0.1) is 6.92 Å². The topological polar surface area (TPSA) is 12.9 Å². The summed E-state index contributed by atoms with van der Waals surface area (Å²) in [5.74, 6) is 0. The van der Waals surface area contributed by atoms with Gasteiger partial charge in [-0.05, 0) is 36.6 Å². The van der Waals surface area contributed by atoms with Crippen molar-refractivity contribution in [3.8, 4) is 11.3 Å². The number of halogens is 1. The third-order valence-corrected chi connectivity index (χ3v) is 4.23. The van der Waals surface area contributed by atoms with Gasteiger partial charge in [-0.15, -0.1) is 0 Å². The van der Waals surface area contributed by atoms with E-state index in [2.05, 4.69) is 49.4 Å². The normalized spacial score (nSPS) is 11.2. The number of fused-ring (bicyclic) bond motifs is 3. The van der Waals surface area contributed by atoms with Crippen molar-refractivity contribution < 1.29 is 0 Å². The molecule has 1 aromatic heterocycles. The summed E-state index contributed by atoms with van der Waals surface area (Å²) in [5.41, 5.74) is 4.36. The lowest BCUT2D eigenvalue weighted by molar-refractivity contribution is 1.41. The minimum Gasteiger partial charge on any atom is -0.247 e. The van der Waals surface area contributed by atoms with Gasteiger partial charge in [0.25, 0.3) is 0 Å². The van der Waals surface area contributed by atoms with Gasteiger partial charge < -0.3 is 0 Å². The summed E-state index contributed by atoms with van der Waals surface area (Å²) >= 11 is 6.01. The van der Waals surface area contributed by atoms with Gasteiger partial charge in [-0.2, -0.15) is 0 Å². The molecule has 0 aliphatic heterocycles. The second-order valence-corrected chi connectivity index (χ2v) is 5.97. The predicted octanol–water partition coefficient (Wildman–Crippen LogP) is 6.02. The molecular weight excluding hydrogens is 290 g/mol. The van der Waals surface area contributed by atoms with Crippen LogP contribution in [0.4, 0.5) is 0 Å². The average Bonchev–Trinajstić information content (AvgIpc) is 2.55. The van der Waals surface area contributed by atoms with Crippen LogP contribution in [0.25, 0.3) is 32.9 Å². The van der Waals surface area contributed by atoms with Crippen molar-refractivity contribution in [2.45, 2.75) is 6.92 Å². The fraction of sp³-hybridized carbons (Fsp3) is 0.0500. The number of rotatable bonds is 1. The molecule has 0 radical (unpaired) electrons. The second-order valence-electron chi connectivity index (χ2n) is 5.53. The maximum Gasteiger partial charge on any atom is 0.0788 e. The molecule has 0 fully saturated rings. The van der Waals surface area contributed by atoms with Crippen LogP contribution >= 0.6 is 11.6 Å². The van der Waals surface area contributed by atoms with E-state index in [0.29, 0.717) is 0 Å². The highest BCUT2D eigenvalue weighted by molar-refractivity contribution is 6.30. The number of aromatic nitrogens is 1. The fourth-order valence-electron chi connectivity index (χ4n) is 2.90. The van der Waals surface area contributed by atoms with E-state index < -0.39 is 0 Å². The van der Waals surface area contributed by atoms with Crippen LogP contribution in [0.15, 0.2) is 66.7 Å². The van der Waals surface area contributed by atoms with Crippen LogP contribution in [0.3, 0.4) is 0 Å². The van der Waals surface area contributed by atoms with Crippen molar-refractivity contribution in [3.05, 3.63) is 77.3 Å². The first-order valence-corrected chi connectivity index (χ1v) is 7.65. The van der Waals surface area contributed by atoms with E-state index in [1.54, 1.807) is 0 Å². The highest BCUT2D eigenvalue weighted by atomic mass is 35.5. The molecule has 2 heteroatoms. The van der Waals surface area contributed by atoms with Gasteiger partial charge >= 0.3 is 0 Å². The van der Waals surface area contributed by atoms with Crippen LogP contribution in [-0.2, 0) is 0 Å². The Morgan fingerprint density at radius 1 is 0.773 bits per heavy atom. The van der Waals surface area contributed by atoms with Gasteiger partial charge in [-0.25, -0.2) is 4.98 Å². The van der Waals surface area contributed by atoms with Gasteiger partial charge in [0, 0.05) is 21.4 Å². The molecule has 0 spiro atoms. The van der Waals surface area contributed by atoms with Crippen molar-refractivity contribution >= 4 is 33.3 Å². The first-order valence-electron chi connectivity index (χ1n) is 7.27. The standard InChI is InChI=1S/C20H14ClN/c1-13-6-11-19-18(12-13)16-4-2-3-5-17(16)20(22-19)14-7-9-15(21)10-8-14/h2-12H,1H3. The Labute approximate surface area is 134 Å². The molecule has 106 valence electrons. The molecule has 4 aromatic rings. The van der Waals surface area contributed by atoms with E-state index in [-0.39, 0.29) is 0 Å². The first kappa shape index (κ1) is 13.3. The van der Waals surface area contributed by atoms with Crippen LogP contribution in [0.1, 0.15) is 5.56 Å². The number of hydrogen-bond acceptors (Lipinski definition) is 1. The molecule has 22 heavy (non-hydrogen) atoms. The minimum absolute atomic E-state index is 0.740. The van der Waals surface area contributed by atoms with Crippen molar-refractivity contribution in [3.63, 3.8) is 0 Å². The Morgan fingerprint density at radius 2 is 1.50 bits per heavy atom. The van der Waals surface area contributed by atoms with Crippen LogP contribution in [0.5, 0.6) is 0 Å². The molecule has 0 saturated carbocycles. The molecule has 0 atom stereocenters. The van der Waals surface area contributed by atoms with Gasteiger partial charge in [0.05, 0.1) is 11.2 Å². The largest absolute Gasteiger partial charge is 0.247 e. The maximum absolute atomic E-state index is 6.01. The summed E-state index contributed by atoms with van der Waals surface area (Å²) in [6, 6.07) is 22.7. The van der Waals surface area contributed by atoms with Crippen LogP contribution < -0.4 is 0 Å². The van der Waals surface area contributed by atoms with E-state index in [1.165, 1.54) is 21.7 Å². The molecule has 1 nitrogen and oxygen atoms in total. The molecule has 3 aromatic carbocycles. The number of pyridine rings is 1. The third kappa shape index (κ3) is 2.15. The fourth-order valence-corrected chi connectivity index (χ4v) is 3.02. The number of nitrogens with zero attached hydrogens (tertiary/aromatic N) is 1. The number of aryl methyl sites for hydroxylation is 1. The molecule has 0 bridgehead atoms. The van der Waals surface area contributed by atoms with Gasteiger partial charge in [-0.3, -0.25) is 0 Å². The average molecular weight is 304 g/mol. The summed E-state index contributed by atoms with van der Waals surface area (Å²) in [7, 11) is 0. The highest BCUT2D eigenvalue weighted by Gasteiger charge is 2.10. The van der Waals surface area contributed by atoms with E-state index in [1.807, 2.05) is 24.3 Å². The van der Waals surface area contributed by atoms with Crippen molar-refractivity contribution in [1.82, 2.24) is 4.98 Å². The molecule has 0 aliphatic rings. The van der Waals surface area contributed by atoms with Crippen molar-refractivity contribution in [2.24, 2.45) is 0 Å². The summed E-state index contributed by atoms with van der Waals surface area (Å²) in [6.07, 6.45) is 0. The quantitative estimate of drug-likeness (QED) is 0.392. The van der Waals surface area contributed by atoms with Crippen LogP contribution in [-0.4, -0.2) is 4.98 Å².